The first-order valence-electron chi connectivity index (χ1n) is 6.90. The number of thiazole rings is 1. The Morgan fingerprint density at radius 1 is 1.39 bits per heavy atom. The molecule has 1 aliphatic rings. The van der Waals surface area contributed by atoms with Crippen LogP contribution in [0.3, 0.4) is 0 Å². The van der Waals surface area contributed by atoms with Crippen molar-refractivity contribution in [2.75, 3.05) is 0 Å². The first-order chi connectivity index (χ1) is 11.1. The SMILES string of the molecule is CC1C=C(C(C#N)c2nc(-c3ccc(Br)cc3)cs2)NC(Cl)=N1. The molecule has 0 radical (unpaired) electrons. The van der Waals surface area contributed by atoms with Gasteiger partial charge in [-0.1, -0.05) is 28.1 Å². The molecular weight excluding hydrogens is 396 g/mol. The number of nitrogens with one attached hydrogen (secondary N) is 1. The highest BCUT2D eigenvalue weighted by Crippen LogP contribution is 2.31. The van der Waals surface area contributed by atoms with E-state index in [0.29, 0.717) is 5.29 Å². The third-order valence-corrected chi connectivity index (χ3v) is 4.96. The maximum atomic E-state index is 9.57. The second-order valence-electron chi connectivity index (χ2n) is 5.05. The zero-order valence-electron chi connectivity index (χ0n) is 12.1. The zero-order chi connectivity index (χ0) is 16.4. The van der Waals surface area contributed by atoms with Crippen LogP contribution in [0.25, 0.3) is 11.3 Å². The van der Waals surface area contributed by atoms with Crippen molar-refractivity contribution in [3.63, 3.8) is 0 Å². The molecular formula is C16H12BrClN4S. The Kier molecular flexibility index (Phi) is 4.81. The minimum absolute atomic E-state index is 0.0551. The first kappa shape index (κ1) is 16.2. The molecule has 2 atom stereocenters. The Hall–Kier alpha value is -1.68. The van der Waals surface area contributed by atoms with Gasteiger partial charge in [0.05, 0.1) is 17.8 Å². The van der Waals surface area contributed by atoms with Crippen LogP contribution in [-0.2, 0) is 0 Å². The van der Waals surface area contributed by atoms with E-state index in [1.165, 1.54) is 11.3 Å². The number of aromatic nitrogens is 1. The number of benzene rings is 1. The number of hydrogen-bond acceptors (Lipinski definition) is 5. The molecule has 0 fully saturated rings. The molecule has 0 spiro atoms. The Bertz CT molecular complexity index is 819. The third kappa shape index (κ3) is 3.63. The highest BCUT2D eigenvalue weighted by molar-refractivity contribution is 9.10. The van der Waals surface area contributed by atoms with Crippen molar-refractivity contribution in [2.45, 2.75) is 18.9 Å². The van der Waals surface area contributed by atoms with Crippen molar-refractivity contribution in [3.8, 4) is 17.3 Å². The largest absolute Gasteiger partial charge is 0.333 e. The van der Waals surface area contributed by atoms with E-state index in [0.717, 1.165) is 26.4 Å². The van der Waals surface area contributed by atoms with E-state index in [4.69, 9.17) is 11.6 Å². The molecule has 0 saturated carbocycles. The standard InChI is InChI=1S/C16H12BrClN4S/c1-9-6-13(22-16(18)20-9)12(7-19)15-21-14(8-23-15)10-2-4-11(17)5-3-10/h2-6,8-9,12H,1H3,(H,20,22). The average Bonchev–Trinajstić information content (AvgIpc) is 2.97. The van der Waals surface area contributed by atoms with Crippen LogP contribution in [0, 0.1) is 11.3 Å². The lowest BCUT2D eigenvalue weighted by Gasteiger charge is -2.19. The molecule has 1 aromatic heterocycles. The lowest BCUT2D eigenvalue weighted by molar-refractivity contribution is 0.812. The van der Waals surface area contributed by atoms with Crippen molar-refractivity contribution in [2.24, 2.45) is 4.99 Å². The Labute approximate surface area is 151 Å². The third-order valence-electron chi connectivity index (χ3n) is 3.33. The average molecular weight is 408 g/mol. The molecule has 2 heterocycles. The van der Waals surface area contributed by atoms with Gasteiger partial charge in [-0.15, -0.1) is 11.3 Å². The van der Waals surface area contributed by atoms with Crippen LogP contribution in [0.5, 0.6) is 0 Å². The Balaban J connectivity index is 1.89. The van der Waals surface area contributed by atoms with Crippen LogP contribution >= 0.6 is 38.9 Å². The summed E-state index contributed by atoms with van der Waals surface area (Å²) in [6.07, 6.45) is 1.90. The predicted molar refractivity (Wildman–Crippen MR) is 97.6 cm³/mol. The van der Waals surface area contributed by atoms with Gasteiger partial charge in [-0.05, 0) is 36.7 Å². The van der Waals surface area contributed by atoms with Gasteiger partial charge in [-0.2, -0.15) is 5.26 Å². The number of aliphatic imine (C=N–C) groups is 1. The molecule has 2 aromatic rings. The fraction of sp³-hybridized carbons (Fsp3) is 0.188. The summed E-state index contributed by atoms with van der Waals surface area (Å²) in [5, 5.41) is 15.5. The monoisotopic (exact) mass is 406 g/mol. The number of rotatable bonds is 3. The highest BCUT2D eigenvalue weighted by atomic mass is 79.9. The van der Waals surface area contributed by atoms with Gasteiger partial charge in [-0.3, -0.25) is 4.99 Å². The second kappa shape index (κ2) is 6.83. The fourth-order valence-electron chi connectivity index (χ4n) is 2.27. The maximum absolute atomic E-state index is 9.57. The highest BCUT2D eigenvalue weighted by Gasteiger charge is 2.24. The van der Waals surface area contributed by atoms with Gasteiger partial charge in [0.25, 0.3) is 0 Å². The number of halogens is 2. The molecule has 23 heavy (non-hydrogen) atoms. The number of allylic oxidation sites excluding steroid dienone is 1. The van der Waals surface area contributed by atoms with Crippen LogP contribution in [0.15, 0.2) is 50.9 Å². The van der Waals surface area contributed by atoms with Crippen molar-refractivity contribution in [3.05, 3.63) is 50.9 Å². The van der Waals surface area contributed by atoms with Crippen molar-refractivity contribution >= 4 is 44.2 Å². The predicted octanol–water partition coefficient (Wildman–Crippen LogP) is 4.65. The molecule has 0 bridgehead atoms. The van der Waals surface area contributed by atoms with Gasteiger partial charge in [0.2, 0.25) is 0 Å². The smallest absolute Gasteiger partial charge is 0.196 e. The summed E-state index contributed by atoms with van der Waals surface area (Å²) in [5.74, 6) is -0.476. The van der Waals surface area contributed by atoms with Crippen LogP contribution in [0.2, 0.25) is 0 Å². The van der Waals surface area contributed by atoms with Gasteiger partial charge in [0, 0.05) is 21.1 Å². The minimum atomic E-state index is -0.476. The van der Waals surface area contributed by atoms with Crippen LogP contribution in [-0.4, -0.2) is 16.3 Å². The molecule has 1 aromatic carbocycles. The van der Waals surface area contributed by atoms with Gasteiger partial charge >= 0.3 is 0 Å². The number of nitrogens with zero attached hydrogens (tertiary/aromatic N) is 3. The van der Waals surface area contributed by atoms with Crippen LogP contribution in [0.1, 0.15) is 17.8 Å². The van der Waals surface area contributed by atoms with Crippen molar-refractivity contribution < 1.29 is 0 Å². The maximum Gasteiger partial charge on any atom is 0.196 e. The summed E-state index contributed by atoms with van der Waals surface area (Å²) in [6.45, 7) is 1.92. The molecule has 3 rings (SSSR count). The van der Waals surface area contributed by atoms with Crippen molar-refractivity contribution in [1.82, 2.24) is 10.3 Å². The summed E-state index contributed by atoms with van der Waals surface area (Å²) < 4.78 is 1.02. The lowest BCUT2D eigenvalue weighted by Crippen LogP contribution is -2.28. The normalized spacial score (nSPS) is 18.4. The summed E-state index contributed by atoms with van der Waals surface area (Å²) in [7, 11) is 0. The van der Waals surface area contributed by atoms with E-state index in [-0.39, 0.29) is 6.04 Å². The number of amidine groups is 1. The molecule has 0 amide bonds. The van der Waals surface area contributed by atoms with E-state index < -0.39 is 5.92 Å². The quantitative estimate of drug-likeness (QED) is 0.753. The first-order valence-corrected chi connectivity index (χ1v) is 8.95. The molecule has 1 N–H and O–H groups in total. The van der Waals surface area contributed by atoms with Crippen molar-refractivity contribution in [1.29, 1.82) is 5.26 Å². The molecule has 1 aliphatic heterocycles. The minimum Gasteiger partial charge on any atom is -0.333 e. The van der Waals surface area contributed by atoms with E-state index >= 15 is 0 Å². The fourth-order valence-corrected chi connectivity index (χ4v) is 3.68. The molecule has 0 saturated heterocycles. The molecule has 2 unspecified atom stereocenters. The molecule has 7 heteroatoms. The lowest BCUT2D eigenvalue weighted by atomic mass is 10.1. The van der Waals surface area contributed by atoms with Gasteiger partial charge in [-0.25, -0.2) is 4.98 Å². The van der Waals surface area contributed by atoms with Gasteiger partial charge in [0.15, 0.2) is 5.29 Å². The number of hydrogen-bond donors (Lipinski definition) is 1. The Morgan fingerprint density at radius 3 is 2.78 bits per heavy atom. The molecule has 4 nitrogen and oxygen atoms in total. The summed E-state index contributed by atoms with van der Waals surface area (Å²) in [6, 6.07) is 10.2. The zero-order valence-corrected chi connectivity index (χ0v) is 15.3. The summed E-state index contributed by atoms with van der Waals surface area (Å²) in [5.41, 5.74) is 2.62. The topological polar surface area (TPSA) is 61.1 Å². The van der Waals surface area contributed by atoms with E-state index in [1.54, 1.807) is 0 Å². The Morgan fingerprint density at radius 2 is 2.13 bits per heavy atom. The van der Waals surface area contributed by atoms with Gasteiger partial charge in [0.1, 0.15) is 10.9 Å². The van der Waals surface area contributed by atoms with Gasteiger partial charge < -0.3 is 5.32 Å². The summed E-state index contributed by atoms with van der Waals surface area (Å²) in [4.78, 5) is 8.79. The molecule has 0 aliphatic carbocycles. The van der Waals surface area contributed by atoms with Crippen LogP contribution in [0.4, 0.5) is 0 Å². The number of nitriles is 1. The van der Waals surface area contributed by atoms with E-state index in [9.17, 15) is 5.26 Å². The van der Waals surface area contributed by atoms with E-state index in [2.05, 4.69) is 37.3 Å². The summed E-state index contributed by atoms with van der Waals surface area (Å²) >= 11 is 10.9. The van der Waals surface area contributed by atoms with E-state index in [1.807, 2.05) is 42.6 Å². The van der Waals surface area contributed by atoms with Crippen LogP contribution < -0.4 is 5.32 Å². The molecule has 116 valence electrons. The second-order valence-corrected chi connectivity index (χ2v) is 7.21.